The molecule has 0 aromatic heterocycles. The van der Waals surface area contributed by atoms with Gasteiger partial charge in [0.1, 0.15) is 5.82 Å². The molecule has 1 aliphatic heterocycles. The summed E-state index contributed by atoms with van der Waals surface area (Å²) in [4.78, 5) is 0. The summed E-state index contributed by atoms with van der Waals surface area (Å²) >= 11 is 6.10. The Morgan fingerprint density at radius 3 is 2.95 bits per heavy atom. The normalized spacial score (nSPS) is 23.8. The summed E-state index contributed by atoms with van der Waals surface area (Å²) in [5.41, 5.74) is 0.607. The SMILES string of the molecule is CC(C)N[C@@H]1CCOC[C@H]1Cc1c(F)cccc1Cl. The van der Waals surface area contributed by atoms with Gasteiger partial charge < -0.3 is 10.1 Å². The minimum absolute atomic E-state index is 0.221. The Bertz CT molecular complexity index is 404. The van der Waals surface area contributed by atoms with Crippen LogP contribution in [0.5, 0.6) is 0 Å². The summed E-state index contributed by atoms with van der Waals surface area (Å²) in [6.07, 6.45) is 1.59. The molecule has 0 saturated carbocycles. The van der Waals surface area contributed by atoms with Crippen LogP contribution in [0.3, 0.4) is 0 Å². The van der Waals surface area contributed by atoms with Crippen LogP contribution in [0.15, 0.2) is 18.2 Å². The van der Waals surface area contributed by atoms with Gasteiger partial charge in [-0.15, -0.1) is 0 Å². The lowest BCUT2D eigenvalue weighted by atomic mass is 9.89. The Labute approximate surface area is 119 Å². The lowest BCUT2D eigenvalue weighted by Gasteiger charge is -2.34. The van der Waals surface area contributed by atoms with Gasteiger partial charge in [-0.05, 0) is 25.0 Å². The number of halogens is 2. The largest absolute Gasteiger partial charge is 0.381 e. The van der Waals surface area contributed by atoms with E-state index in [9.17, 15) is 4.39 Å². The van der Waals surface area contributed by atoms with Crippen LogP contribution in [0, 0.1) is 11.7 Å². The predicted octanol–water partition coefficient (Wildman–Crippen LogP) is 3.42. The van der Waals surface area contributed by atoms with Crippen molar-refractivity contribution in [3.8, 4) is 0 Å². The van der Waals surface area contributed by atoms with Gasteiger partial charge in [0, 0.05) is 35.2 Å². The van der Waals surface area contributed by atoms with Gasteiger partial charge in [0.2, 0.25) is 0 Å². The molecule has 1 heterocycles. The Kier molecular flexibility index (Phi) is 5.20. The number of rotatable bonds is 4. The second kappa shape index (κ2) is 6.69. The van der Waals surface area contributed by atoms with Crippen LogP contribution in [0.1, 0.15) is 25.8 Å². The monoisotopic (exact) mass is 285 g/mol. The van der Waals surface area contributed by atoms with Crippen LogP contribution in [-0.4, -0.2) is 25.3 Å². The van der Waals surface area contributed by atoms with Crippen molar-refractivity contribution < 1.29 is 9.13 Å². The van der Waals surface area contributed by atoms with E-state index in [1.165, 1.54) is 6.07 Å². The minimum Gasteiger partial charge on any atom is -0.381 e. The fraction of sp³-hybridized carbons (Fsp3) is 0.600. The third-order valence-corrected chi connectivity index (χ3v) is 3.90. The molecule has 0 radical (unpaired) electrons. The zero-order valence-electron chi connectivity index (χ0n) is 11.5. The van der Waals surface area contributed by atoms with Crippen molar-refractivity contribution in [3.05, 3.63) is 34.6 Å². The molecule has 1 fully saturated rings. The number of hydrogen-bond donors (Lipinski definition) is 1. The zero-order valence-corrected chi connectivity index (χ0v) is 12.2. The predicted molar refractivity (Wildman–Crippen MR) is 76.1 cm³/mol. The van der Waals surface area contributed by atoms with E-state index >= 15 is 0 Å². The number of ether oxygens (including phenoxy) is 1. The summed E-state index contributed by atoms with van der Waals surface area (Å²) < 4.78 is 19.4. The summed E-state index contributed by atoms with van der Waals surface area (Å²) in [6, 6.07) is 5.64. The molecule has 2 nitrogen and oxygen atoms in total. The summed E-state index contributed by atoms with van der Waals surface area (Å²) in [5.74, 6) is 0.0481. The molecule has 1 aromatic carbocycles. The second-order valence-corrected chi connectivity index (χ2v) is 5.86. The van der Waals surface area contributed by atoms with Gasteiger partial charge in [-0.3, -0.25) is 0 Å². The summed E-state index contributed by atoms with van der Waals surface area (Å²) in [7, 11) is 0. The van der Waals surface area contributed by atoms with Gasteiger partial charge in [0.15, 0.2) is 0 Å². The molecule has 19 heavy (non-hydrogen) atoms. The van der Waals surface area contributed by atoms with Gasteiger partial charge in [0.25, 0.3) is 0 Å². The maximum Gasteiger partial charge on any atom is 0.127 e. The van der Waals surface area contributed by atoms with Crippen LogP contribution < -0.4 is 5.32 Å². The van der Waals surface area contributed by atoms with Crippen molar-refractivity contribution >= 4 is 11.6 Å². The Morgan fingerprint density at radius 2 is 2.26 bits per heavy atom. The highest BCUT2D eigenvalue weighted by Gasteiger charge is 2.27. The van der Waals surface area contributed by atoms with Crippen molar-refractivity contribution in [2.45, 2.75) is 38.8 Å². The van der Waals surface area contributed by atoms with Gasteiger partial charge in [-0.1, -0.05) is 31.5 Å². The average molecular weight is 286 g/mol. The average Bonchev–Trinajstić information content (AvgIpc) is 2.35. The van der Waals surface area contributed by atoms with Crippen molar-refractivity contribution in [2.75, 3.05) is 13.2 Å². The van der Waals surface area contributed by atoms with Crippen molar-refractivity contribution in [1.29, 1.82) is 0 Å². The molecular formula is C15H21ClFNO. The number of hydrogen-bond acceptors (Lipinski definition) is 2. The molecule has 0 aliphatic carbocycles. The van der Waals surface area contributed by atoms with Gasteiger partial charge in [0.05, 0.1) is 6.61 Å². The van der Waals surface area contributed by atoms with E-state index in [4.69, 9.17) is 16.3 Å². The molecule has 2 atom stereocenters. The zero-order chi connectivity index (χ0) is 13.8. The minimum atomic E-state index is -0.221. The topological polar surface area (TPSA) is 21.3 Å². The first-order valence-corrected chi connectivity index (χ1v) is 7.22. The smallest absolute Gasteiger partial charge is 0.127 e. The van der Waals surface area contributed by atoms with Crippen molar-refractivity contribution in [1.82, 2.24) is 5.32 Å². The third-order valence-electron chi connectivity index (χ3n) is 3.55. The molecular weight excluding hydrogens is 265 g/mol. The fourth-order valence-corrected chi connectivity index (χ4v) is 2.88. The van der Waals surface area contributed by atoms with E-state index in [2.05, 4.69) is 19.2 Å². The molecule has 2 rings (SSSR count). The van der Waals surface area contributed by atoms with Crippen LogP contribution >= 0.6 is 11.6 Å². The van der Waals surface area contributed by atoms with E-state index in [0.29, 0.717) is 35.7 Å². The van der Waals surface area contributed by atoms with E-state index in [0.717, 1.165) is 13.0 Å². The van der Waals surface area contributed by atoms with Gasteiger partial charge in [-0.25, -0.2) is 4.39 Å². The Balaban J connectivity index is 2.11. The van der Waals surface area contributed by atoms with E-state index in [1.54, 1.807) is 12.1 Å². The maximum absolute atomic E-state index is 13.8. The van der Waals surface area contributed by atoms with E-state index in [1.807, 2.05) is 0 Å². The lowest BCUT2D eigenvalue weighted by molar-refractivity contribution is 0.0297. The molecule has 4 heteroatoms. The highest BCUT2D eigenvalue weighted by atomic mass is 35.5. The molecule has 0 amide bonds. The van der Waals surface area contributed by atoms with Crippen LogP contribution in [0.2, 0.25) is 5.02 Å². The quantitative estimate of drug-likeness (QED) is 0.915. The van der Waals surface area contributed by atoms with Crippen LogP contribution in [0.4, 0.5) is 4.39 Å². The summed E-state index contributed by atoms with van der Waals surface area (Å²) in [6.45, 7) is 5.69. The first-order valence-electron chi connectivity index (χ1n) is 6.84. The fourth-order valence-electron chi connectivity index (χ4n) is 2.64. The highest BCUT2D eigenvalue weighted by Crippen LogP contribution is 2.26. The number of nitrogens with one attached hydrogen (secondary N) is 1. The van der Waals surface area contributed by atoms with E-state index in [-0.39, 0.29) is 11.7 Å². The molecule has 0 spiro atoms. The standard InChI is InChI=1S/C15H21ClFNO/c1-10(2)18-15-6-7-19-9-11(15)8-12-13(16)4-3-5-14(12)17/h3-5,10-11,15,18H,6-9H2,1-2H3/t11-,15-/m1/s1. The van der Waals surface area contributed by atoms with E-state index < -0.39 is 0 Å². The third kappa shape index (κ3) is 3.91. The summed E-state index contributed by atoms with van der Waals surface area (Å²) in [5, 5.41) is 4.05. The molecule has 1 aromatic rings. The molecule has 106 valence electrons. The van der Waals surface area contributed by atoms with Crippen LogP contribution in [-0.2, 0) is 11.2 Å². The number of benzene rings is 1. The van der Waals surface area contributed by atoms with Crippen molar-refractivity contribution in [3.63, 3.8) is 0 Å². The molecule has 0 unspecified atom stereocenters. The molecule has 1 N–H and O–H groups in total. The first kappa shape index (κ1) is 14.8. The highest BCUT2D eigenvalue weighted by molar-refractivity contribution is 6.31. The molecule has 0 bridgehead atoms. The van der Waals surface area contributed by atoms with Gasteiger partial charge in [-0.2, -0.15) is 0 Å². The Hall–Kier alpha value is -0.640. The lowest BCUT2D eigenvalue weighted by Crippen LogP contribution is -2.46. The second-order valence-electron chi connectivity index (χ2n) is 5.46. The Morgan fingerprint density at radius 1 is 1.47 bits per heavy atom. The molecule has 1 aliphatic rings. The van der Waals surface area contributed by atoms with Gasteiger partial charge >= 0.3 is 0 Å². The van der Waals surface area contributed by atoms with Crippen LogP contribution in [0.25, 0.3) is 0 Å². The maximum atomic E-state index is 13.8. The van der Waals surface area contributed by atoms with Crippen molar-refractivity contribution in [2.24, 2.45) is 5.92 Å². The molecule has 1 saturated heterocycles. The first-order chi connectivity index (χ1) is 9.08.